The molecule has 0 spiro atoms. The van der Waals surface area contributed by atoms with Crippen LogP contribution < -0.4 is 0 Å². The first kappa shape index (κ1) is 26.2. The number of ether oxygens (including phenoxy) is 1. The van der Waals surface area contributed by atoms with E-state index in [1.165, 1.54) is 5.57 Å². The van der Waals surface area contributed by atoms with E-state index in [9.17, 15) is 9.59 Å². The van der Waals surface area contributed by atoms with Gasteiger partial charge in [0.05, 0.1) is 28.8 Å². The molecule has 0 bridgehead atoms. The van der Waals surface area contributed by atoms with Gasteiger partial charge in [-0.3, -0.25) is 14.5 Å². The highest BCUT2D eigenvalue weighted by molar-refractivity contribution is 7.09. The number of rotatable bonds is 2. The molecule has 0 radical (unpaired) electrons. The van der Waals surface area contributed by atoms with Crippen LogP contribution in [0.2, 0.25) is 0 Å². The highest BCUT2D eigenvalue weighted by atomic mass is 32.1. The SMILES string of the molecule is CC(=Cc1csc(C)n1)C1(C)N(C)CCCC(=O)CC(=O)CCCCCC2OC2(C)C1(C)C. The number of aryl methyl sites for hydroxylation is 1. The molecular weight excluding hydrogens is 432 g/mol. The normalized spacial score (nSPS) is 33.1. The van der Waals surface area contributed by atoms with Crippen molar-refractivity contribution in [3.05, 3.63) is 21.7 Å². The van der Waals surface area contributed by atoms with Gasteiger partial charge in [0, 0.05) is 29.2 Å². The highest BCUT2D eigenvalue weighted by Gasteiger charge is 2.67. The van der Waals surface area contributed by atoms with E-state index in [0.717, 1.165) is 49.4 Å². The van der Waals surface area contributed by atoms with Gasteiger partial charge in [-0.05, 0) is 66.6 Å². The van der Waals surface area contributed by atoms with Gasteiger partial charge in [-0.1, -0.05) is 32.3 Å². The molecule has 0 aromatic carbocycles. The third-order valence-electron chi connectivity index (χ3n) is 8.70. The monoisotopic (exact) mass is 474 g/mol. The van der Waals surface area contributed by atoms with Crippen LogP contribution in [0.15, 0.2) is 11.0 Å². The van der Waals surface area contributed by atoms with E-state index in [-0.39, 0.29) is 40.6 Å². The molecule has 0 N–H and O–H groups in total. The van der Waals surface area contributed by atoms with Gasteiger partial charge in [-0.15, -0.1) is 11.3 Å². The maximum atomic E-state index is 12.4. The fourth-order valence-corrected chi connectivity index (χ4v) is 6.24. The minimum atomic E-state index is -0.302. The van der Waals surface area contributed by atoms with Crippen LogP contribution in [0.4, 0.5) is 0 Å². The number of carbonyl (C=O) groups excluding carboxylic acids is 2. The molecular formula is C27H42N2O3S. The van der Waals surface area contributed by atoms with Gasteiger partial charge in [-0.2, -0.15) is 0 Å². The van der Waals surface area contributed by atoms with Crippen LogP contribution >= 0.6 is 11.3 Å². The zero-order valence-corrected chi connectivity index (χ0v) is 22.4. The van der Waals surface area contributed by atoms with Crippen molar-refractivity contribution >= 4 is 29.0 Å². The molecule has 2 saturated heterocycles. The zero-order valence-electron chi connectivity index (χ0n) is 21.6. The molecule has 1 aromatic rings. The van der Waals surface area contributed by atoms with E-state index in [1.54, 1.807) is 11.3 Å². The lowest BCUT2D eigenvalue weighted by Crippen LogP contribution is -2.61. The fourth-order valence-electron chi connectivity index (χ4n) is 5.67. The Balaban J connectivity index is 1.93. The molecule has 3 rings (SSSR count). The largest absolute Gasteiger partial charge is 0.366 e. The number of ketones is 2. The van der Waals surface area contributed by atoms with Crippen LogP contribution in [0, 0.1) is 12.3 Å². The summed E-state index contributed by atoms with van der Waals surface area (Å²) in [4.78, 5) is 31.6. The summed E-state index contributed by atoms with van der Waals surface area (Å²) in [5.74, 6) is 0.167. The Labute approximate surface area is 204 Å². The number of fused-ring (bicyclic) bond motifs is 1. The van der Waals surface area contributed by atoms with E-state index in [2.05, 4.69) is 63.0 Å². The summed E-state index contributed by atoms with van der Waals surface area (Å²) < 4.78 is 6.44. The molecule has 2 fully saturated rings. The maximum Gasteiger partial charge on any atom is 0.140 e. The molecule has 6 heteroatoms. The van der Waals surface area contributed by atoms with Crippen LogP contribution in [-0.4, -0.2) is 52.3 Å². The van der Waals surface area contributed by atoms with E-state index < -0.39 is 0 Å². The van der Waals surface area contributed by atoms with Gasteiger partial charge in [0.15, 0.2) is 0 Å². The van der Waals surface area contributed by atoms with Gasteiger partial charge in [-0.25, -0.2) is 4.98 Å². The fraction of sp³-hybridized carbons (Fsp3) is 0.741. The second kappa shape index (κ2) is 10.1. The molecule has 3 heterocycles. The van der Waals surface area contributed by atoms with Gasteiger partial charge in [0.2, 0.25) is 0 Å². The topological polar surface area (TPSA) is 62.8 Å². The number of thiazole rings is 1. The van der Waals surface area contributed by atoms with Gasteiger partial charge >= 0.3 is 0 Å². The van der Waals surface area contributed by atoms with Crippen molar-refractivity contribution in [3.63, 3.8) is 0 Å². The molecule has 0 amide bonds. The van der Waals surface area contributed by atoms with Crippen molar-refractivity contribution in [1.29, 1.82) is 0 Å². The average Bonchev–Trinajstić information content (AvgIpc) is 3.24. The second-order valence-corrected chi connectivity index (χ2v) is 12.0. The second-order valence-electron chi connectivity index (χ2n) is 10.9. The first-order valence-electron chi connectivity index (χ1n) is 12.4. The molecule has 184 valence electrons. The maximum absolute atomic E-state index is 12.4. The third-order valence-corrected chi connectivity index (χ3v) is 9.49. The Bertz CT molecular complexity index is 905. The quantitative estimate of drug-likeness (QED) is 0.388. The number of hydrogen-bond acceptors (Lipinski definition) is 6. The standard InChI is InChI=1S/C27H42N2O3S/c1-19(16-21-18-33-20(2)28-21)26(5)25(3,4)27(6)24(32-27)14-10-8-9-12-22(30)17-23(31)13-11-15-29(26)7/h16,18,24H,8-15,17H2,1-7H3. The van der Waals surface area contributed by atoms with Gasteiger partial charge < -0.3 is 4.74 Å². The van der Waals surface area contributed by atoms with Gasteiger partial charge in [0.1, 0.15) is 11.6 Å². The van der Waals surface area contributed by atoms with E-state index in [0.29, 0.717) is 12.8 Å². The first-order chi connectivity index (χ1) is 15.4. The Hall–Kier alpha value is -1.37. The summed E-state index contributed by atoms with van der Waals surface area (Å²) in [5.41, 5.74) is 1.54. The van der Waals surface area contributed by atoms with Crippen molar-refractivity contribution in [2.24, 2.45) is 5.41 Å². The van der Waals surface area contributed by atoms with Crippen LogP contribution in [-0.2, 0) is 14.3 Å². The van der Waals surface area contributed by atoms with Crippen LogP contribution in [0.5, 0.6) is 0 Å². The van der Waals surface area contributed by atoms with Crippen molar-refractivity contribution in [2.45, 2.75) is 110 Å². The van der Waals surface area contributed by atoms with E-state index >= 15 is 0 Å². The average molecular weight is 475 g/mol. The molecule has 0 aliphatic carbocycles. The molecule has 0 saturated carbocycles. The number of aromatic nitrogens is 1. The van der Waals surface area contributed by atoms with E-state index in [1.807, 2.05) is 6.92 Å². The molecule has 1 aromatic heterocycles. The number of nitrogens with zero attached hydrogens (tertiary/aromatic N) is 2. The summed E-state index contributed by atoms with van der Waals surface area (Å²) in [6, 6.07) is 0. The third kappa shape index (κ3) is 5.33. The summed E-state index contributed by atoms with van der Waals surface area (Å²) in [6.07, 6.45) is 8.22. The van der Waals surface area contributed by atoms with E-state index in [4.69, 9.17) is 4.74 Å². The van der Waals surface area contributed by atoms with Crippen molar-refractivity contribution in [2.75, 3.05) is 13.6 Å². The van der Waals surface area contributed by atoms with Crippen LogP contribution in [0.1, 0.15) is 96.7 Å². The Morgan fingerprint density at radius 2 is 1.79 bits per heavy atom. The highest BCUT2D eigenvalue weighted by Crippen LogP contribution is 2.59. The number of Topliss-reactive ketones (excluding diaryl/α,β-unsaturated/α-hetero) is 2. The summed E-state index contributed by atoms with van der Waals surface area (Å²) >= 11 is 1.67. The Morgan fingerprint density at radius 3 is 2.42 bits per heavy atom. The zero-order chi connectivity index (χ0) is 24.4. The molecule has 5 nitrogen and oxygen atoms in total. The van der Waals surface area contributed by atoms with Crippen molar-refractivity contribution in [1.82, 2.24) is 9.88 Å². The molecule has 3 atom stereocenters. The Kier molecular flexibility index (Phi) is 8.02. The predicted octanol–water partition coefficient (Wildman–Crippen LogP) is 6.00. The minimum absolute atomic E-state index is 0.0734. The summed E-state index contributed by atoms with van der Waals surface area (Å²) in [6.45, 7) is 14.3. The summed E-state index contributed by atoms with van der Waals surface area (Å²) in [7, 11) is 2.16. The lowest BCUT2D eigenvalue weighted by molar-refractivity contribution is -0.127. The van der Waals surface area contributed by atoms with Gasteiger partial charge in [0.25, 0.3) is 0 Å². The number of epoxide rings is 1. The molecule has 3 unspecified atom stereocenters. The number of likely N-dealkylation sites (N-methyl/N-ethyl adjacent to an activating group) is 1. The summed E-state index contributed by atoms with van der Waals surface area (Å²) in [5, 5.41) is 3.17. The lowest BCUT2D eigenvalue weighted by Gasteiger charge is -2.53. The lowest BCUT2D eigenvalue weighted by atomic mass is 9.60. The van der Waals surface area contributed by atoms with Crippen molar-refractivity contribution in [3.8, 4) is 0 Å². The molecule has 2 aliphatic rings. The molecule has 33 heavy (non-hydrogen) atoms. The predicted molar refractivity (Wildman–Crippen MR) is 136 cm³/mol. The van der Waals surface area contributed by atoms with Crippen molar-refractivity contribution < 1.29 is 14.3 Å². The van der Waals surface area contributed by atoms with Crippen LogP contribution in [0.25, 0.3) is 6.08 Å². The smallest absolute Gasteiger partial charge is 0.140 e. The number of carbonyl (C=O) groups is 2. The minimum Gasteiger partial charge on any atom is -0.366 e. The van der Waals surface area contributed by atoms with Crippen LogP contribution in [0.3, 0.4) is 0 Å². The number of hydrogen-bond donors (Lipinski definition) is 0. The first-order valence-corrected chi connectivity index (χ1v) is 13.3. The Morgan fingerprint density at radius 1 is 1.12 bits per heavy atom. The molecule has 2 aliphatic heterocycles.